The third-order valence-electron chi connectivity index (χ3n) is 2.25. The van der Waals surface area contributed by atoms with E-state index < -0.39 is 12.0 Å². The van der Waals surface area contributed by atoms with E-state index >= 15 is 0 Å². The lowest BCUT2D eigenvalue weighted by atomic mass is 10.3. The van der Waals surface area contributed by atoms with Crippen LogP contribution in [0, 0.1) is 0 Å². The molecule has 88 valence electrons. The normalized spacial score (nSPS) is 11.9. The van der Waals surface area contributed by atoms with Crippen molar-refractivity contribution in [2.75, 3.05) is 19.9 Å². The van der Waals surface area contributed by atoms with Gasteiger partial charge >= 0.3 is 5.97 Å². The molecule has 1 unspecified atom stereocenters. The molecule has 1 atom stereocenters. The molecule has 0 saturated carbocycles. The number of amides is 1. The van der Waals surface area contributed by atoms with Gasteiger partial charge in [-0.05, 0) is 6.92 Å². The lowest BCUT2D eigenvalue weighted by Crippen LogP contribution is -2.28. The van der Waals surface area contributed by atoms with E-state index in [1.54, 1.807) is 6.92 Å². The molecule has 1 aromatic rings. The quantitative estimate of drug-likeness (QED) is 0.680. The molecule has 1 amide bonds. The van der Waals surface area contributed by atoms with Gasteiger partial charge in [-0.1, -0.05) is 0 Å². The van der Waals surface area contributed by atoms with Crippen LogP contribution >= 0.6 is 0 Å². The molecular formula is C9H14N4O3. The summed E-state index contributed by atoms with van der Waals surface area (Å²) in [6, 6.07) is -0.532. The van der Waals surface area contributed by atoms with Crippen molar-refractivity contribution < 1.29 is 14.3 Å². The molecule has 3 N–H and O–H groups in total. The highest BCUT2D eigenvalue weighted by Crippen LogP contribution is 2.17. The number of carbonyl (C=O) groups excluding carboxylic acids is 2. The molecule has 0 aliphatic carbocycles. The summed E-state index contributed by atoms with van der Waals surface area (Å²) >= 11 is 0. The van der Waals surface area contributed by atoms with Crippen LogP contribution in [0.1, 0.15) is 23.5 Å². The number of likely N-dealkylation sites (N-methyl/N-ethyl adjacent to an activating group) is 1. The van der Waals surface area contributed by atoms with Gasteiger partial charge in [-0.3, -0.25) is 4.79 Å². The number of anilines is 1. The minimum atomic E-state index is -0.625. The molecule has 0 aliphatic heterocycles. The van der Waals surface area contributed by atoms with Crippen molar-refractivity contribution in [2.24, 2.45) is 0 Å². The van der Waals surface area contributed by atoms with Crippen LogP contribution in [0.25, 0.3) is 0 Å². The van der Waals surface area contributed by atoms with Crippen LogP contribution in [-0.2, 0) is 9.53 Å². The molecular weight excluding hydrogens is 212 g/mol. The Labute approximate surface area is 92.6 Å². The number of nitrogens with one attached hydrogen (secondary N) is 1. The average molecular weight is 226 g/mol. The second-order valence-corrected chi connectivity index (χ2v) is 3.17. The standard InChI is InChI=1S/C9H14N4O3/c1-5(8(14)11-2)13-4-12-6(7(13)10)9(15)16-3/h4-5H,10H2,1-3H3,(H,11,14). The van der Waals surface area contributed by atoms with E-state index in [2.05, 4.69) is 15.0 Å². The lowest BCUT2D eigenvalue weighted by molar-refractivity contribution is -0.123. The second kappa shape index (κ2) is 4.65. The summed E-state index contributed by atoms with van der Waals surface area (Å²) in [6.07, 6.45) is 1.33. The topological polar surface area (TPSA) is 99.2 Å². The van der Waals surface area contributed by atoms with E-state index in [1.165, 1.54) is 25.1 Å². The number of aromatic nitrogens is 2. The van der Waals surface area contributed by atoms with E-state index in [4.69, 9.17) is 5.73 Å². The number of hydrogen-bond acceptors (Lipinski definition) is 5. The van der Waals surface area contributed by atoms with Crippen LogP contribution in [-0.4, -0.2) is 35.6 Å². The van der Waals surface area contributed by atoms with Crippen LogP contribution in [0.3, 0.4) is 0 Å². The summed E-state index contributed by atoms with van der Waals surface area (Å²) in [7, 11) is 2.76. The molecule has 7 heteroatoms. The number of imidazole rings is 1. The molecule has 0 aromatic carbocycles. The Balaban J connectivity index is 3.04. The van der Waals surface area contributed by atoms with Crippen LogP contribution < -0.4 is 11.1 Å². The van der Waals surface area contributed by atoms with E-state index in [0.29, 0.717) is 0 Å². The fourth-order valence-electron chi connectivity index (χ4n) is 1.27. The Morgan fingerprint density at radius 3 is 2.75 bits per heavy atom. The van der Waals surface area contributed by atoms with Gasteiger partial charge in [-0.2, -0.15) is 0 Å². The summed E-state index contributed by atoms with van der Waals surface area (Å²) < 4.78 is 5.91. The van der Waals surface area contributed by atoms with E-state index in [-0.39, 0.29) is 17.4 Å². The van der Waals surface area contributed by atoms with Gasteiger partial charge in [0, 0.05) is 7.05 Å². The number of methoxy groups -OCH3 is 1. The summed E-state index contributed by atoms with van der Waals surface area (Å²) in [5.74, 6) is -0.733. The zero-order valence-corrected chi connectivity index (χ0v) is 9.35. The molecule has 1 heterocycles. The average Bonchev–Trinajstić information content (AvgIpc) is 2.68. The highest BCUT2D eigenvalue weighted by Gasteiger charge is 2.21. The smallest absolute Gasteiger partial charge is 0.360 e. The maximum absolute atomic E-state index is 11.4. The van der Waals surface area contributed by atoms with Crippen LogP contribution in [0.4, 0.5) is 5.82 Å². The van der Waals surface area contributed by atoms with Gasteiger partial charge in [0.1, 0.15) is 11.9 Å². The fraction of sp³-hybridized carbons (Fsp3) is 0.444. The molecule has 0 spiro atoms. The van der Waals surface area contributed by atoms with Gasteiger partial charge in [-0.25, -0.2) is 9.78 Å². The predicted octanol–water partition coefficient (Wildman–Crippen LogP) is -0.441. The summed E-state index contributed by atoms with van der Waals surface area (Å²) in [5.41, 5.74) is 5.71. The first-order valence-corrected chi connectivity index (χ1v) is 4.65. The number of carbonyl (C=O) groups is 2. The largest absolute Gasteiger partial charge is 0.464 e. The Kier molecular flexibility index (Phi) is 3.49. The van der Waals surface area contributed by atoms with Crippen molar-refractivity contribution in [3.05, 3.63) is 12.0 Å². The maximum atomic E-state index is 11.4. The zero-order chi connectivity index (χ0) is 12.3. The number of hydrogen-bond donors (Lipinski definition) is 2. The van der Waals surface area contributed by atoms with Crippen molar-refractivity contribution in [1.29, 1.82) is 0 Å². The van der Waals surface area contributed by atoms with Gasteiger partial charge in [0.25, 0.3) is 0 Å². The first-order valence-electron chi connectivity index (χ1n) is 4.65. The number of nitrogen functional groups attached to an aromatic ring is 1. The molecule has 1 aromatic heterocycles. The second-order valence-electron chi connectivity index (χ2n) is 3.17. The van der Waals surface area contributed by atoms with Gasteiger partial charge in [-0.15, -0.1) is 0 Å². The highest BCUT2D eigenvalue weighted by molar-refractivity contribution is 5.92. The molecule has 0 bridgehead atoms. The van der Waals surface area contributed by atoms with Crippen molar-refractivity contribution in [3.63, 3.8) is 0 Å². The summed E-state index contributed by atoms with van der Waals surface area (Å²) in [5, 5.41) is 2.48. The minimum absolute atomic E-state index is 0.0123. The van der Waals surface area contributed by atoms with Crippen molar-refractivity contribution in [1.82, 2.24) is 14.9 Å². The van der Waals surface area contributed by atoms with Crippen LogP contribution in [0.15, 0.2) is 6.33 Å². The third kappa shape index (κ3) is 1.97. The Morgan fingerprint density at radius 1 is 1.62 bits per heavy atom. The number of nitrogens with two attached hydrogens (primary N) is 1. The van der Waals surface area contributed by atoms with Crippen molar-refractivity contribution in [2.45, 2.75) is 13.0 Å². The van der Waals surface area contributed by atoms with Gasteiger partial charge in [0.15, 0.2) is 5.69 Å². The third-order valence-corrected chi connectivity index (χ3v) is 2.25. The van der Waals surface area contributed by atoms with Crippen molar-refractivity contribution >= 4 is 17.7 Å². The number of nitrogens with zero attached hydrogens (tertiary/aromatic N) is 2. The van der Waals surface area contributed by atoms with Gasteiger partial charge in [0.05, 0.1) is 13.4 Å². The monoisotopic (exact) mass is 226 g/mol. The molecule has 1 rings (SSSR count). The Hall–Kier alpha value is -2.05. The zero-order valence-electron chi connectivity index (χ0n) is 9.35. The SMILES string of the molecule is CNC(=O)C(C)n1cnc(C(=O)OC)c1N. The van der Waals surface area contributed by atoms with Gasteiger partial charge in [0.2, 0.25) is 5.91 Å². The molecule has 0 saturated heterocycles. The fourth-order valence-corrected chi connectivity index (χ4v) is 1.27. The molecule has 0 radical (unpaired) electrons. The maximum Gasteiger partial charge on any atom is 0.360 e. The van der Waals surface area contributed by atoms with Crippen LogP contribution in [0.5, 0.6) is 0 Å². The lowest BCUT2D eigenvalue weighted by Gasteiger charge is -2.12. The summed E-state index contributed by atoms with van der Waals surface area (Å²) in [4.78, 5) is 26.4. The first kappa shape index (κ1) is 12.0. The molecule has 7 nitrogen and oxygen atoms in total. The number of esters is 1. The highest BCUT2D eigenvalue weighted by atomic mass is 16.5. The Bertz CT molecular complexity index is 413. The van der Waals surface area contributed by atoms with Crippen LogP contribution in [0.2, 0.25) is 0 Å². The van der Waals surface area contributed by atoms with Crippen molar-refractivity contribution in [3.8, 4) is 0 Å². The molecule has 0 aliphatic rings. The Morgan fingerprint density at radius 2 is 2.25 bits per heavy atom. The summed E-state index contributed by atoms with van der Waals surface area (Å²) in [6.45, 7) is 1.65. The minimum Gasteiger partial charge on any atom is -0.464 e. The molecule has 0 fully saturated rings. The van der Waals surface area contributed by atoms with Gasteiger partial charge < -0.3 is 20.4 Å². The first-order chi connectivity index (χ1) is 7.52. The predicted molar refractivity (Wildman–Crippen MR) is 56.8 cm³/mol. The molecule has 16 heavy (non-hydrogen) atoms. The van der Waals surface area contributed by atoms with E-state index in [1.807, 2.05) is 0 Å². The van der Waals surface area contributed by atoms with E-state index in [9.17, 15) is 9.59 Å². The van der Waals surface area contributed by atoms with E-state index in [0.717, 1.165) is 0 Å². The number of ether oxygens (including phenoxy) is 1. The number of rotatable bonds is 3.